The predicted molar refractivity (Wildman–Crippen MR) is 113 cm³/mol. The van der Waals surface area contributed by atoms with Crippen molar-refractivity contribution in [1.82, 2.24) is 15.0 Å². The zero-order chi connectivity index (χ0) is 22.9. The normalized spacial score (nSPS) is 11.4. The van der Waals surface area contributed by atoms with Gasteiger partial charge in [0.25, 0.3) is 5.91 Å². The van der Waals surface area contributed by atoms with Crippen LogP contribution >= 0.6 is 11.6 Å². The number of aromatic amines is 1. The molecule has 0 atom stereocenters. The molecule has 0 fully saturated rings. The highest BCUT2D eigenvalue weighted by atomic mass is 35.5. The van der Waals surface area contributed by atoms with Gasteiger partial charge >= 0.3 is 6.18 Å². The van der Waals surface area contributed by atoms with E-state index in [1.165, 1.54) is 6.07 Å². The van der Waals surface area contributed by atoms with Crippen molar-refractivity contribution in [1.29, 1.82) is 0 Å². The number of carbonyl (C=O) groups excluding carboxylic acids is 1. The van der Waals surface area contributed by atoms with Crippen molar-refractivity contribution in [2.75, 3.05) is 5.32 Å². The number of benzene rings is 2. The highest BCUT2D eigenvalue weighted by Crippen LogP contribution is 2.32. The molecule has 6 nitrogen and oxygen atoms in total. The van der Waals surface area contributed by atoms with Crippen molar-refractivity contribution in [3.05, 3.63) is 83.1 Å². The van der Waals surface area contributed by atoms with Crippen molar-refractivity contribution < 1.29 is 23.1 Å². The Bertz CT molecular complexity index is 1290. The second-order valence-electron chi connectivity index (χ2n) is 6.73. The maximum Gasteiger partial charge on any atom is 0.433 e. The highest BCUT2D eigenvalue weighted by molar-refractivity contribution is 6.33. The van der Waals surface area contributed by atoms with E-state index in [4.69, 9.17) is 11.6 Å². The van der Waals surface area contributed by atoms with E-state index in [1.54, 1.807) is 18.3 Å². The lowest BCUT2D eigenvalue weighted by Gasteiger charge is -2.10. The summed E-state index contributed by atoms with van der Waals surface area (Å²) in [5.74, 6) is -1.39. The Morgan fingerprint density at radius 3 is 2.50 bits per heavy atom. The van der Waals surface area contributed by atoms with Gasteiger partial charge in [0.1, 0.15) is 17.1 Å². The molecule has 4 aromatic rings. The van der Waals surface area contributed by atoms with Crippen LogP contribution < -0.4 is 5.32 Å². The summed E-state index contributed by atoms with van der Waals surface area (Å²) in [4.78, 5) is 23.0. The Kier molecular flexibility index (Phi) is 5.58. The molecule has 0 aliphatic rings. The number of pyridine rings is 1. The average molecular weight is 459 g/mol. The van der Waals surface area contributed by atoms with Gasteiger partial charge in [0.05, 0.1) is 16.9 Å². The van der Waals surface area contributed by atoms with Crippen molar-refractivity contribution in [2.24, 2.45) is 0 Å². The second kappa shape index (κ2) is 8.35. The lowest BCUT2D eigenvalue weighted by atomic mass is 10.1. The zero-order valence-electron chi connectivity index (χ0n) is 16.1. The van der Waals surface area contributed by atoms with Gasteiger partial charge in [-0.2, -0.15) is 13.2 Å². The number of hydrogen-bond donors (Lipinski definition) is 3. The van der Waals surface area contributed by atoms with E-state index in [0.717, 1.165) is 17.3 Å². The van der Waals surface area contributed by atoms with E-state index in [2.05, 4.69) is 20.3 Å². The molecule has 0 saturated heterocycles. The first-order valence-electron chi connectivity index (χ1n) is 9.21. The van der Waals surface area contributed by atoms with Crippen LogP contribution in [-0.4, -0.2) is 26.0 Å². The number of alkyl halides is 3. The van der Waals surface area contributed by atoms with Crippen LogP contribution in [0.3, 0.4) is 0 Å². The first kappa shape index (κ1) is 21.4. The first-order valence-corrected chi connectivity index (χ1v) is 9.59. The topological polar surface area (TPSA) is 90.9 Å². The average Bonchev–Trinajstić information content (AvgIpc) is 3.25. The molecule has 3 N–H and O–H groups in total. The van der Waals surface area contributed by atoms with Crippen molar-refractivity contribution >= 4 is 23.2 Å². The fourth-order valence-electron chi connectivity index (χ4n) is 2.99. The number of H-pyrrole nitrogens is 1. The van der Waals surface area contributed by atoms with Gasteiger partial charge in [-0.1, -0.05) is 41.9 Å². The minimum atomic E-state index is -4.74. The molecule has 2 aromatic carbocycles. The number of aromatic hydroxyl groups is 1. The van der Waals surface area contributed by atoms with E-state index in [1.807, 2.05) is 30.3 Å². The summed E-state index contributed by atoms with van der Waals surface area (Å²) in [5.41, 5.74) is 0.794. The second-order valence-corrected chi connectivity index (χ2v) is 7.13. The number of amides is 1. The summed E-state index contributed by atoms with van der Waals surface area (Å²) in [6, 6.07) is 15.6. The van der Waals surface area contributed by atoms with Crippen LogP contribution in [0.4, 0.5) is 18.9 Å². The number of anilines is 1. The number of nitrogens with one attached hydrogen (secondary N) is 2. The summed E-state index contributed by atoms with van der Waals surface area (Å²) >= 11 is 6.30. The van der Waals surface area contributed by atoms with E-state index >= 15 is 0 Å². The molecule has 0 aliphatic heterocycles. The van der Waals surface area contributed by atoms with Gasteiger partial charge in [0.2, 0.25) is 5.88 Å². The first-order chi connectivity index (χ1) is 15.2. The summed E-state index contributed by atoms with van der Waals surface area (Å²) in [6.07, 6.45) is -3.09. The number of aromatic nitrogens is 3. The van der Waals surface area contributed by atoms with Gasteiger partial charge in [-0.05, 0) is 35.9 Å². The summed E-state index contributed by atoms with van der Waals surface area (Å²) in [6.45, 7) is 0. The molecule has 0 bridgehead atoms. The van der Waals surface area contributed by atoms with Crippen LogP contribution in [0.1, 0.15) is 16.1 Å². The van der Waals surface area contributed by atoms with Crippen LogP contribution in [0.25, 0.3) is 22.6 Å². The van der Waals surface area contributed by atoms with Gasteiger partial charge in [0, 0.05) is 11.3 Å². The van der Waals surface area contributed by atoms with Gasteiger partial charge in [-0.3, -0.25) is 4.79 Å². The quantitative estimate of drug-likeness (QED) is 0.362. The van der Waals surface area contributed by atoms with Crippen molar-refractivity contribution in [2.45, 2.75) is 6.18 Å². The molecule has 162 valence electrons. The minimum absolute atomic E-state index is 0.298. The van der Waals surface area contributed by atoms with Gasteiger partial charge in [-0.15, -0.1) is 0 Å². The number of rotatable bonds is 4. The summed E-state index contributed by atoms with van der Waals surface area (Å²) < 4.78 is 38.1. The minimum Gasteiger partial charge on any atom is -0.493 e. The van der Waals surface area contributed by atoms with Crippen LogP contribution in [0, 0.1) is 0 Å². The molecule has 0 aliphatic carbocycles. The smallest absolute Gasteiger partial charge is 0.433 e. The van der Waals surface area contributed by atoms with Crippen molar-refractivity contribution in [3.8, 4) is 28.5 Å². The molecule has 2 heterocycles. The Labute approximate surface area is 184 Å². The van der Waals surface area contributed by atoms with Gasteiger partial charge < -0.3 is 15.4 Å². The maximum absolute atomic E-state index is 12.7. The highest BCUT2D eigenvalue weighted by Gasteiger charge is 2.33. The zero-order valence-corrected chi connectivity index (χ0v) is 16.9. The third kappa shape index (κ3) is 4.42. The Morgan fingerprint density at radius 2 is 1.81 bits per heavy atom. The molecule has 0 unspecified atom stereocenters. The molecule has 0 saturated carbocycles. The third-order valence-corrected chi connectivity index (χ3v) is 4.88. The number of nitrogens with zero attached hydrogens (tertiary/aromatic N) is 2. The lowest BCUT2D eigenvalue weighted by molar-refractivity contribution is -0.141. The molecule has 1 amide bonds. The number of carbonyl (C=O) groups is 1. The Morgan fingerprint density at radius 1 is 1.06 bits per heavy atom. The number of hydrogen-bond acceptors (Lipinski definition) is 4. The van der Waals surface area contributed by atoms with Gasteiger partial charge in [0.15, 0.2) is 0 Å². The SMILES string of the molecule is O=C(Nc1ccc(Cl)c(-c2ncc(-c3ccccc3)[nH]2)c1)c1ccc(C(F)(F)F)nc1O. The predicted octanol–water partition coefficient (Wildman–Crippen LogP) is 5.77. The number of halogens is 4. The molecule has 0 spiro atoms. The standard InChI is InChI=1S/C22H14ClF3N4O2/c23-16-8-6-13(28-20(31)14-7-9-18(22(24,25)26)30-21(14)32)10-15(16)19-27-11-17(29-19)12-4-2-1-3-5-12/h1-11H,(H,27,29)(H,28,31)(H,30,32). The largest absolute Gasteiger partial charge is 0.493 e. The molecular weight excluding hydrogens is 445 g/mol. The molecule has 10 heteroatoms. The monoisotopic (exact) mass is 458 g/mol. The Balaban J connectivity index is 1.59. The number of imidazole rings is 1. The van der Waals surface area contributed by atoms with E-state index in [-0.39, 0.29) is 0 Å². The Hall–Kier alpha value is -3.85. The fourth-order valence-corrected chi connectivity index (χ4v) is 3.20. The van der Waals surface area contributed by atoms with Crippen molar-refractivity contribution in [3.63, 3.8) is 0 Å². The van der Waals surface area contributed by atoms with E-state index in [9.17, 15) is 23.1 Å². The summed E-state index contributed by atoms with van der Waals surface area (Å²) in [7, 11) is 0. The molecule has 2 aromatic heterocycles. The van der Waals surface area contributed by atoms with Crippen LogP contribution in [-0.2, 0) is 6.18 Å². The van der Waals surface area contributed by atoms with Crippen LogP contribution in [0.15, 0.2) is 66.9 Å². The molecular formula is C22H14ClF3N4O2. The van der Waals surface area contributed by atoms with Crippen LogP contribution in [0.2, 0.25) is 5.02 Å². The van der Waals surface area contributed by atoms with E-state index < -0.39 is 29.2 Å². The molecule has 32 heavy (non-hydrogen) atoms. The fraction of sp³-hybridized carbons (Fsp3) is 0.0455. The van der Waals surface area contributed by atoms with Gasteiger partial charge in [-0.25, -0.2) is 9.97 Å². The van der Waals surface area contributed by atoms with Crippen LogP contribution in [0.5, 0.6) is 5.88 Å². The maximum atomic E-state index is 12.7. The third-order valence-electron chi connectivity index (χ3n) is 4.55. The lowest BCUT2D eigenvalue weighted by Crippen LogP contribution is -2.15. The summed E-state index contributed by atoms with van der Waals surface area (Å²) in [5, 5.41) is 12.7. The van der Waals surface area contributed by atoms with E-state index in [0.29, 0.717) is 28.2 Å². The molecule has 0 radical (unpaired) electrons. The molecule has 4 rings (SSSR count).